The van der Waals surface area contributed by atoms with E-state index in [2.05, 4.69) is 12.2 Å². The summed E-state index contributed by atoms with van der Waals surface area (Å²) in [6.45, 7) is 6.04. The molecule has 2 fully saturated rings. The average Bonchev–Trinajstić information content (AvgIpc) is 2.84. The van der Waals surface area contributed by atoms with E-state index < -0.39 is 0 Å². The van der Waals surface area contributed by atoms with Gasteiger partial charge in [-0.1, -0.05) is 6.42 Å². The van der Waals surface area contributed by atoms with Crippen LogP contribution in [0.4, 0.5) is 0 Å². The van der Waals surface area contributed by atoms with Crippen molar-refractivity contribution in [3.8, 4) is 0 Å². The fraction of sp³-hybridized carbons (Fsp3) is 1.00. The molecular formula is C12H24N2O. The highest BCUT2D eigenvalue weighted by Crippen LogP contribution is 2.31. The van der Waals surface area contributed by atoms with Crippen molar-refractivity contribution in [1.29, 1.82) is 0 Å². The molecule has 2 rings (SSSR count). The Bertz CT molecular complexity index is 202. The first kappa shape index (κ1) is 11.4. The minimum Gasteiger partial charge on any atom is -0.379 e. The van der Waals surface area contributed by atoms with Crippen LogP contribution in [-0.2, 0) is 4.74 Å². The van der Waals surface area contributed by atoms with Crippen LogP contribution in [0.15, 0.2) is 0 Å². The molecule has 0 aromatic carbocycles. The zero-order valence-electron chi connectivity index (χ0n) is 9.80. The first-order valence-corrected chi connectivity index (χ1v) is 6.26. The monoisotopic (exact) mass is 212 g/mol. The van der Waals surface area contributed by atoms with Crippen molar-refractivity contribution >= 4 is 0 Å². The minimum absolute atomic E-state index is 0.224. The van der Waals surface area contributed by atoms with Crippen molar-refractivity contribution in [3.05, 3.63) is 0 Å². The summed E-state index contributed by atoms with van der Waals surface area (Å²) in [5, 5.41) is 3.68. The van der Waals surface area contributed by atoms with Gasteiger partial charge in [-0.15, -0.1) is 0 Å². The van der Waals surface area contributed by atoms with Gasteiger partial charge in [-0.25, -0.2) is 0 Å². The van der Waals surface area contributed by atoms with Gasteiger partial charge in [0.05, 0.1) is 6.61 Å². The Balaban J connectivity index is 1.77. The standard InChI is InChI=1S/C12H24N2O/c1-12(5-6-15-9-12)14-8-11-4-2-3-10(11)7-13/h10-11,14H,2-9,13H2,1H3. The second-order valence-electron chi connectivity index (χ2n) is 5.43. The second-order valence-corrected chi connectivity index (χ2v) is 5.43. The van der Waals surface area contributed by atoms with Gasteiger partial charge in [0.15, 0.2) is 0 Å². The van der Waals surface area contributed by atoms with Crippen LogP contribution >= 0.6 is 0 Å². The van der Waals surface area contributed by atoms with Gasteiger partial charge in [-0.2, -0.15) is 0 Å². The van der Waals surface area contributed by atoms with Crippen molar-refractivity contribution in [2.45, 2.75) is 38.1 Å². The van der Waals surface area contributed by atoms with Crippen LogP contribution < -0.4 is 11.1 Å². The van der Waals surface area contributed by atoms with Gasteiger partial charge in [0, 0.05) is 12.1 Å². The molecule has 0 amide bonds. The Labute approximate surface area is 92.7 Å². The van der Waals surface area contributed by atoms with Crippen molar-refractivity contribution in [2.75, 3.05) is 26.3 Å². The molecule has 1 saturated heterocycles. The predicted molar refractivity (Wildman–Crippen MR) is 61.7 cm³/mol. The average molecular weight is 212 g/mol. The van der Waals surface area contributed by atoms with Gasteiger partial charge in [0.1, 0.15) is 0 Å². The summed E-state index contributed by atoms with van der Waals surface area (Å²) in [4.78, 5) is 0. The Kier molecular flexibility index (Phi) is 3.65. The molecule has 3 atom stereocenters. The summed E-state index contributed by atoms with van der Waals surface area (Å²) in [5.74, 6) is 1.55. The fourth-order valence-corrected chi connectivity index (χ4v) is 2.88. The molecule has 2 aliphatic rings. The highest BCUT2D eigenvalue weighted by atomic mass is 16.5. The molecule has 3 heteroatoms. The largest absolute Gasteiger partial charge is 0.379 e. The molecule has 0 spiro atoms. The van der Waals surface area contributed by atoms with E-state index in [-0.39, 0.29) is 5.54 Å². The van der Waals surface area contributed by atoms with Crippen LogP contribution in [0.5, 0.6) is 0 Å². The molecule has 88 valence electrons. The molecule has 1 heterocycles. The van der Waals surface area contributed by atoms with Crippen LogP contribution in [0.2, 0.25) is 0 Å². The van der Waals surface area contributed by atoms with Crippen molar-refractivity contribution in [2.24, 2.45) is 17.6 Å². The smallest absolute Gasteiger partial charge is 0.0646 e. The first-order chi connectivity index (χ1) is 7.23. The lowest BCUT2D eigenvalue weighted by Gasteiger charge is -2.27. The van der Waals surface area contributed by atoms with Crippen LogP contribution in [-0.4, -0.2) is 31.8 Å². The van der Waals surface area contributed by atoms with Gasteiger partial charge in [-0.05, 0) is 51.1 Å². The van der Waals surface area contributed by atoms with Crippen molar-refractivity contribution < 1.29 is 4.74 Å². The number of hydrogen-bond acceptors (Lipinski definition) is 3. The second kappa shape index (κ2) is 4.81. The van der Waals surface area contributed by atoms with E-state index in [1.54, 1.807) is 0 Å². The number of rotatable bonds is 4. The molecular weight excluding hydrogens is 188 g/mol. The summed E-state index contributed by atoms with van der Waals surface area (Å²) < 4.78 is 5.44. The van der Waals surface area contributed by atoms with Gasteiger partial charge in [0.2, 0.25) is 0 Å². The zero-order valence-corrected chi connectivity index (χ0v) is 9.80. The molecule has 3 nitrogen and oxygen atoms in total. The highest BCUT2D eigenvalue weighted by Gasteiger charge is 2.32. The zero-order chi connectivity index (χ0) is 10.7. The van der Waals surface area contributed by atoms with E-state index in [1.807, 2.05) is 0 Å². The number of ether oxygens (including phenoxy) is 1. The molecule has 15 heavy (non-hydrogen) atoms. The third kappa shape index (κ3) is 2.71. The fourth-order valence-electron chi connectivity index (χ4n) is 2.88. The van der Waals surface area contributed by atoms with Gasteiger partial charge >= 0.3 is 0 Å². The highest BCUT2D eigenvalue weighted by molar-refractivity contribution is 4.89. The van der Waals surface area contributed by atoms with E-state index in [4.69, 9.17) is 10.5 Å². The summed E-state index contributed by atoms with van der Waals surface area (Å²) in [6, 6.07) is 0. The Morgan fingerprint density at radius 2 is 2.20 bits per heavy atom. The van der Waals surface area contributed by atoms with E-state index in [0.29, 0.717) is 0 Å². The number of nitrogens with one attached hydrogen (secondary N) is 1. The molecule has 1 aliphatic carbocycles. The van der Waals surface area contributed by atoms with Crippen molar-refractivity contribution in [1.82, 2.24) is 5.32 Å². The van der Waals surface area contributed by atoms with E-state index in [1.165, 1.54) is 19.3 Å². The summed E-state index contributed by atoms with van der Waals surface area (Å²) in [5.41, 5.74) is 6.01. The van der Waals surface area contributed by atoms with E-state index >= 15 is 0 Å². The lowest BCUT2D eigenvalue weighted by atomic mass is 9.94. The summed E-state index contributed by atoms with van der Waals surface area (Å²) in [7, 11) is 0. The van der Waals surface area contributed by atoms with Crippen LogP contribution in [0.1, 0.15) is 32.6 Å². The van der Waals surface area contributed by atoms with Gasteiger partial charge < -0.3 is 15.8 Å². The maximum Gasteiger partial charge on any atom is 0.0646 e. The predicted octanol–water partition coefficient (Wildman–Crippen LogP) is 1.13. The lowest BCUT2D eigenvalue weighted by Crippen LogP contribution is -2.45. The van der Waals surface area contributed by atoms with Crippen molar-refractivity contribution in [3.63, 3.8) is 0 Å². The third-order valence-electron chi connectivity index (χ3n) is 4.13. The lowest BCUT2D eigenvalue weighted by molar-refractivity contribution is 0.168. The van der Waals surface area contributed by atoms with Gasteiger partial charge in [-0.3, -0.25) is 0 Å². The first-order valence-electron chi connectivity index (χ1n) is 6.26. The SMILES string of the molecule is CC1(NCC2CCCC2CN)CCOC1. The quantitative estimate of drug-likeness (QED) is 0.734. The molecule has 0 radical (unpaired) electrons. The summed E-state index contributed by atoms with van der Waals surface area (Å²) >= 11 is 0. The maximum atomic E-state index is 5.79. The molecule has 1 saturated carbocycles. The van der Waals surface area contributed by atoms with Crippen LogP contribution in [0.25, 0.3) is 0 Å². The number of hydrogen-bond donors (Lipinski definition) is 2. The molecule has 0 aromatic heterocycles. The molecule has 3 unspecified atom stereocenters. The van der Waals surface area contributed by atoms with E-state index in [0.717, 1.165) is 44.6 Å². The minimum atomic E-state index is 0.224. The maximum absolute atomic E-state index is 5.79. The van der Waals surface area contributed by atoms with Crippen LogP contribution in [0.3, 0.4) is 0 Å². The molecule has 3 N–H and O–H groups in total. The Morgan fingerprint density at radius 3 is 2.87 bits per heavy atom. The number of nitrogens with two attached hydrogens (primary N) is 1. The topological polar surface area (TPSA) is 47.3 Å². The van der Waals surface area contributed by atoms with E-state index in [9.17, 15) is 0 Å². The molecule has 1 aliphatic heterocycles. The third-order valence-corrected chi connectivity index (χ3v) is 4.13. The molecule has 0 aromatic rings. The van der Waals surface area contributed by atoms with Gasteiger partial charge in [0.25, 0.3) is 0 Å². The summed E-state index contributed by atoms with van der Waals surface area (Å²) in [6.07, 6.45) is 5.19. The molecule has 0 bridgehead atoms. The van der Waals surface area contributed by atoms with Crippen LogP contribution in [0, 0.1) is 11.8 Å². The normalized spacial score (nSPS) is 41.2. The Morgan fingerprint density at radius 1 is 1.40 bits per heavy atom. The Hall–Kier alpha value is -0.120.